The summed E-state index contributed by atoms with van der Waals surface area (Å²) in [6, 6.07) is 4.06. The van der Waals surface area contributed by atoms with E-state index in [4.69, 9.17) is 15.0 Å². The first-order valence-electron chi connectivity index (χ1n) is 3.79. The van der Waals surface area contributed by atoms with E-state index in [0.717, 1.165) is 0 Å². The Morgan fingerprint density at radius 1 is 1.50 bits per heavy atom. The highest BCUT2D eigenvalue weighted by Gasteiger charge is 2.10. The lowest BCUT2D eigenvalue weighted by Gasteiger charge is -2.07. The van der Waals surface area contributed by atoms with Gasteiger partial charge < -0.3 is 9.84 Å². The summed E-state index contributed by atoms with van der Waals surface area (Å²) < 4.78 is 26.8. The molecule has 0 heterocycles. The first-order chi connectivity index (χ1) is 6.49. The third-order valence-electron chi connectivity index (χ3n) is 1.75. The minimum atomic E-state index is -3.73. The second kappa shape index (κ2) is 3.95. The molecule has 0 bridgehead atoms. The van der Waals surface area contributed by atoms with Crippen LogP contribution in [0.2, 0.25) is 0 Å². The monoisotopic (exact) mass is 217 g/mol. The molecule has 0 aliphatic carbocycles. The Balaban J connectivity index is 3.28. The van der Waals surface area contributed by atoms with Crippen molar-refractivity contribution in [2.75, 3.05) is 7.11 Å². The third kappa shape index (κ3) is 2.22. The van der Waals surface area contributed by atoms with E-state index >= 15 is 0 Å². The maximum Gasteiger partial charge on any atom is 0.238 e. The molecule has 1 rings (SSSR count). The molecule has 0 spiro atoms. The van der Waals surface area contributed by atoms with E-state index in [0.29, 0.717) is 11.3 Å². The Kier molecular flexibility index (Phi) is 3.10. The molecule has 78 valence electrons. The molecule has 6 heteroatoms. The van der Waals surface area contributed by atoms with E-state index in [9.17, 15) is 8.42 Å². The molecule has 3 N–H and O–H groups in total. The summed E-state index contributed by atoms with van der Waals surface area (Å²) in [5.41, 5.74) is 0.388. The van der Waals surface area contributed by atoms with Crippen molar-refractivity contribution in [2.24, 2.45) is 5.14 Å². The van der Waals surface area contributed by atoms with Gasteiger partial charge in [0, 0.05) is 5.56 Å². The topological polar surface area (TPSA) is 89.6 Å². The van der Waals surface area contributed by atoms with Crippen LogP contribution < -0.4 is 9.88 Å². The van der Waals surface area contributed by atoms with Gasteiger partial charge in [0.05, 0.1) is 18.6 Å². The van der Waals surface area contributed by atoms with Crippen LogP contribution in [-0.2, 0) is 16.6 Å². The predicted octanol–water partition coefficient (Wildman–Crippen LogP) is -0.165. The number of methoxy groups -OCH3 is 1. The highest BCUT2D eigenvalue weighted by molar-refractivity contribution is 7.89. The quantitative estimate of drug-likeness (QED) is 0.735. The lowest BCUT2D eigenvalue weighted by Crippen LogP contribution is -2.12. The Morgan fingerprint density at radius 3 is 2.57 bits per heavy atom. The Labute approximate surface area is 82.2 Å². The van der Waals surface area contributed by atoms with Crippen LogP contribution >= 0.6 is 0 Å². The molecule has 0 unspecified atom stereocenters. The zero-order valence-corrected chi connectivity index (χ0v) is 8.41. The molecular formula is C8H11NO4S. The van der Waals surface area contributed by atoms with Crippen molar-refractivity contribution < 1.29 is 18.3 Å². The molecule has 0 amide bonds. The minimum Gasteiger partial charge on any atom is -0.496 e. The van der Waals surface area contributed by atoms with Crippen LogP contribution in [0.4, 0.5) is 0 Å². The summed E-state index contributed by atoms with van der Waals surface area (Å²) >= 11 is 0. The van der Waals surface area contributed by atoms with Crippen molar-refractivity contribution in [2.45, 2.75) is 11.5 Å². The molecule has 0 fully saturated rings. The van der Waals surface area contributed by atoms with Gasteiger partial charge in [-0.1, -0.05) is 0 Å². The van der Waals surface area contributed by atoms with Crippen molar-refractivity contribution in [1.82, 2.24) is 0 Å². The van der Waals surface area contributed by atoms with Crippen LogP contribution in [0.15, 0.2) is 23.1 Å². The number of aliphatic hydroxyl groups excluding tert-OH is 1. The standard InChI is InChI=1S/C8H11NO4S/c1-13-8-3-2-7(14(9,11)12)4-6(8)5-10/h2-4,10H,5H2,1H3,(H2,9,11,12). The van der Waals surface area contributed by atoms with Crippen LogP contribution in [0.5, 0.6) is 5.75 Å². The molecule has 0 aliphatic rings. The highest BCUT2D eigenvalue weighted by Crippen LogP contribution is 2.21. The smallest absolute Gasteiger partial charge is 0.238 e. The maximum absolute atomic E-state index is 11.0. The van der Waals surface area contributed by atoms with Gasteiger partial charge >= 0.3 is 0 Å². The summed E-state index contributed by atoms with van der Waals surface area (Å²) in [4.78, 5) is -0.0395. The van der Waals surface area contributed by atoms with Crippen molar-refractivity contribution in [1.29, 1.82) is 0 Å². The number of rotatable bonds is 3. The Hall–Kier alpha value is -1.11. The molecule has 1 aromatic carbocycles. The van der Waals surface area contributed by atoms with Gasteiger partial charge in [0.2, 0.25) is 10.0 Å². The average Bonchev–Trinajstić information content (AvgIpc) is 2.15. The fourth-order valence-corrected chi connectivity index (χ4v) is 1.62. The lowest BCUT2D eigenvalue weighted by atomic mass is 10.2. The fourth-order valence-electron chi connectivity index (χ4n) is 1.06. The van der Waals surface area contributed by atoms with Gasteiger partial charge in [-0.25, -0.2) is 13.6 Å². The van der Waals surface area contributed by atoms with E-state index in [1.807, 2.05) is 0 Å². The van der Waals surface area contributed by atoms with Gasteiger partial charge in [-0.05, 0) is 18.2 Å². The minimum absolute atomic E-state index is 0.0395. The number of ether oxygens (including phenoxy) is 1. The van der Waals surface area contributed by atoms with E-state index < -0.39 is 10.0 Å². The van der Waals surface area contributed by atoms with E-state index in [1.54, 1.807) is 0 Å². The Morgan fingerprint density at radius 2 is 2.14 bits per heavy atom. The van der Waals surface area contributed by atoms with Crippen LogP contribution in [0.25, 0.3) is 0 Å². The molecule has 1 aromatic rings. The first kappa shape index (κ1) is 11.0. The number of hydrogen-bond acceptors (Lipinski definition) is 4. The number of primary sulfonamides is 1. The molecule has 0 aliphatic heterocycles. The van der Waals surface area contributed by atoms with Gasteiger partial charge in [-0.3, -0.25) is 0 Å². The number of hydrogen-bond donors (Lipinski definition) is 2. The molecule has 0 radical (unpaired) electrons. The largest absolute Gasteiger partial charge is 0.496 e. The van der Waals surface area contributed by atoms with Gasteiger partial charge in [0.25, 0.3) is 0 Å². The number of sulfonamides is 1. The molecule has 0 aromatic heterocycles. The van der Waals surface area contributed by atoms with Crippen molar-refractivity contribution >= 4 is 10.0 Å². The molecule has 0 atom stereocenters. The van der Waals surface area contributed by atoms with Crippen LogP contribution in [0.3, 0.4) is 0 Å². The highest BCUT2D eigenvalue weighted by atomic mass is 32.2. The molecule has 5 nitrogen and oxygen atoms in total. The molecular weight excluding hydrogens is 206 g/mol. The summed E-state index contributed by atoms with van der Waals surface area (Å²) in [5, 5.41) is 13.8. The Bertz CT molecular complexity index is 427. The number of aliphatic hydroxyl groups is 1. The lowest BCUT2D eigenvalue weighted by molar-refractivity contribution is 0.273. The molecule has 14 heavy (non-hydrogen) atoms. The van der Waals surface area contributed by atoms with Crippen molar-refractivity contribution in [3.63, 3.8) is 0 Å². The normalized spacial score (nSPS) is 11.4. The molecule has 0 saturated carbocycles. The second-order valence-corrected chi connectivity index (χ2v) is 4.24. The van der Waals surface area contributed by atoms with Crippen LogP contribution in [0, 0.1) is 0 Å². The zero-order valence-electron chi connectivity index (χ0n) is 7.60. The van der Waals surface area contributed by atoms with Gasteiger partial charge in [0.15, 0.2) is 0 Å². The van der Waals surface area contributed by atoms with Gasteiger partial charge in [-0.15, -0.1) is 0 Å². The number of benzene rings is 1. The maximum atomic E-state index is 11.0. The van der Waals surface area contributed by atoms with Crippen LogP contribution in [-0.4, -0.2) is 20.6 Å². The SMILES string of the molecule is COc1ccc(S(N)(=O)=O)cc1CO. The predicted molar refractivity (Wildman–Crippen MR) is 50.3 cm³/mol. The summed E-state index contributed by atoms with van der Waals surface area (Å²) in [6.45, 7) is -0.299. The first-order valence-corrected chi connectivity index (χ1v) is 5.34. The zero-order chi connectivity index (χ0) is 10.8. The van der Waals surface area contributed by atoms with Gasteiger partial charge in [0.1, 0.15) is 5.75 Å². The summed E-state index contributed by atoms with van der Waals surface area (Å²) in [5.74, 6) is 0.430. The third-order valence-corrected chi connectivity index (χ3v) is 2.66. The van der Waals surface area contributed by atoms with Gasteiger partial charge in [-0.2, -0.15) is 0 Å². The second-order valence-electron chi connectivity index (χ2n) is 2.68. The van der Waals surface area contributed by atoms with E-state index in [-0.39, 0.29) is 11.5 Å². The number of nitrogens with two attached hydrogens (primary N) is 1. The van der Waals surface area contributed by atoms with E-state index in [1.165, 1.54) is 25.3 Å². The van der Waals surface area contributed by atoms with E-state index in [2.05, 4.69) is 0 Å². The fraction of sp³-hybridized carbons (Fsp3) is 0.250. The van der Waals surface area contributed by atoms with Crippen LogP contribution in [0.1, 0.15) is 5.56 Å². The summed E-state index contributed by atoms with van der Waals surface area (Å²) in [7, 11) is -2.29. The van der Waals surface area contributed by atoms with Crippen molar-refractivity contribution in [3.8, 4) is 5.75 Å². The average molecular weight is 217 g/mol. The molecule has 0 saturated heterocycles. The summed E-state index contributed by atoms with van der Waals surface area (Å²) in [6.07, 6.45) is 0. The van der Waals surface area contributed by atoms with Crippen molar-refractivity contribution in [3.05, 3.63) is 23.8 Å².